The molecule has 1 heterocycles. The minimum absolute atomic E-state index is 0.0763. The van der Waals surface area contributed by atoms with Crippen LogP contribution in [0.3, 0.4) is 0 Å². The number of ether oxygens (including phenoxy) is 2. The molecule has 2 aromatic carbocycles. The Kier molecular flexibility index (Phi) is 7.11. The first-order valence-corrected chi connectivity index (χ1v) is 10.0. The summed E-state index contributed by atoms with van der Waals surface area (Å²) in [6, 6.07) is 8.18. The molecule has 0 unspecified atom stereocenters. The molecule has 0 aliphatic carbocycles. The van der Waals surface area contributed by atoms with Crippen molar-refractivity contribution in [2.24, 2.45) is 0 Å². The molecule has 9 heteroatoms. The smallest absolute Gasteiger partial charge is 0.243 e. The fourth-order valence-electron chi connectivity index (χ4n) is 2.77. The van der Waals surface area contributed by atoms with Gasteiger partial charge in [0.05, 0.1) is 41.2 Å². The molecule has 1 aliphatic heterocycles. The van der Waals surface area contributed by atoms with Crippen molar-refractivity contribution in [1.82, 2.24) is 4.90 Å². The van der Waals surface area contributed by atoms with Crippen LogP contribution in [0.5, 0.6) is 11.5 Å². The highest BCUT2D eigenvalue weighted by atomic mass is 35.5. The molecule has 29 heavy (non-hydrogen) atoms. The minimum atomic E-state index is -0.351. The number of carbonyl (C=O) groups is 2. The summed E-state index contributed by atoms with van der Waals surface area (Å²) in [4.78, 5) is 26.1. The number of benzene rings is 2. The summed E-state index contributed by atoms with van der Waals surface area (Å²) in [5.41, 5.74) is 1.18. The van der Waals surface area contributed by atoms with Crippen molar-refractivity contribution >= 4 is 52.3 Å². The van der Waals surface area contributed by atoms with Crippen molar-refractivity contribution in [3.05, 3.63) is 51.0 Å². The number of likely N-dealkylation sites (N-methyl/N-ethyl adjacent to an activating group) is 1. The van der Waals surface area contributed by atoms with Crippen LogP contribution in [0.15, 0.2) is 30.3 Å². The van der Waals surface area contributed by atoms with Gasteiger partial charge in [0.15, 0.2) is 11.5 Å². The van der Waals surface area contributed by atoms with E-state index in [0.29, 0.717) is 51.0 Å². The number of hydrogen-bond acceptors (Lipinski definition) is 4. The molecule has 0 fully saturated rings. The standard InChI is InChI=1S/C20H19Cl3N2O4/c1-25(11-18(26)24-13-3-4-14(21)15(22)10-13)19(27)9-12-7-16(23)20-17(8-12)28-5-2-6-29-20/h3-4,7-8,10H,2,5-6,9,11H2,1H3,(H,24,26). The topological polar surface area (TPSA) is 67.9 Å². The Balaban J connectivity index is 1.60. The van der Waals surface area contributed by atoms with E-state index in [0.717, 1.165) is 6.42 Å². The maximum Gasteiger partial charge on any atom is 0.243 e. The van der Waals surface area contributed by atoms with Crippen LogP contribution in [0.1, 0.15) is 12.0 Å². The predicted octanol–water partition coefficient (Wildman–Crippen LogP) is 4.45. The SMILES string of the molecule is CN(CC(=O)Nc1ccc(Cl)c(Cl)c1)C(=O)Cc1cc(Cl)c2c(c1)OCCCO2. The Labute approximate surface area is 183 Å². The molecule has 1 aliphatic rings. The van der Waals surface area contributed by atoms with Crippen molar-refractivity contribution in [2.45, 2.75) is 12.8 Å². The van der Waals surface area contributed by atoms with Gasteiger partial charge in [0.1, 0.15) is 0 Å². The van der Waals surface area contributed by atoms with Crippen LogP contribution < -0.4 is 14.8 Å². The third-order valence-electron chi connectivity index (χ3n) is 4.23. The van der Waals surface area contributed by atoms with Crippen LogP contribution >= 0.6 is 34.8 Å². The number of nitrogens with zero attached hydrogens (tertiary/aromatic N) is 1. The lowest BCUT2D eigenvalue weighted by molar-refractivity contribution is -0.132. The van der Waals surface area contributed by atoms with Gasteiger partial charge in [0, 0.05) is 19.2 Å². The van der Waals surface area contributed by atoms with Crippen molar-refractivity contribution in [3.63, 3.8) is 0 Å². The Hall–Kier alpha value is -2.15. The molecule has 2 amide bonds. The van der Waals surface area contributed by atoms with E-state index in [2.05, 4.69) is 5.32 Å². The van der Waals surface area contributed by atoms with Crippen LogP contribution in [-0.4, -0.2) is 43.5 Å². The lowest BCUT2D eigenvalue weighted by Crippen LogP contribution is -2.35. The molecular formula is C20H19Cl3N2O4. The summed E-state index contributed by atoms with van der Waals surface area (Å²) in [6.45, 7) is 0.939. The average molecular weight is 458 g/mol. The first kappa shape index (κ1) is 21.6. The Morgan fingerprint density at radius 3 is 2.55 bits per heavy atom. The zero-order valence-electron chi connectivity index (χ0n) is 15.6. The Morgan fingerprint density at radius 1 is 1.03 bits per heavy atom. The molecule has 0 aromatic heterocycles. The summed E-state index contributed by atoms with van der Waals surface area (Å²) in [7, 11) is 1.56. The lowest BCUT2D eigenvalue weighted by Gasteiger charge is -2.18. The van der Waals surface area contributed by atoms with E-state index in [1.807, 2.05) is 0 Å². The second-order valence-corrected chi connectivity index (χ2v) is 7.78. The van der Waals surface area contributed by atoms with Gasteiger partial charge in [-0.05, 0) is 35.9 Å². The molecule has 0 saturated carbocycles. The van der Waals surface area contributed by atoms with Gasteiger partial charge in [-0.3, -0.25) is 9.59 Å². The number of rotatable bonds is 5. The van der Waals surface area contributed by atoms with Gasteiger partial charge in [-0.15, -0.1) is 0 Å². The van der Waals surface area contributed by atoms with Gasteiger partial charge in [0.2, 0.25) is 11.8 Å². The Bertz CT molecular complexity index is 936. The highest BCUT2D eigenvalue weighted by molar-refractivity contribution is 6.42. The van der Waals surface area contributed by atoms with E-state index >= 15 is 0 Å². The molecule has 0 saturated heterocycles. The third-order valence-corrected chi connectivity index (χ3v) is 5.25. The first-order chi connectivity index (χ1) is 13.8. The van der Waals surface area contributed by atoms with Crippen molar-refractivity contribution in [2.75, 3.05) is 32.1 Å². The summed E-state index contributed by atoms with van der Waals surface area (Å²) in [6.07, 6.45) is 0.836. The van der Waals surface area contributed by atoms with E-state index < -0.39 is 0 Å². The molecule has 0 bridgehead atoms. The van der Waals surface area contributed by atoms with Gasteiger partial charge in [0.25, 0.3) is 0 Å². The van der Waals surface area contributed by atoms with Crippen LogP contribution in [0, 0.1) is 0 Å². The second kappa shape index (κ2) is 9.57. The number of nitrogens with one attached hydrogen (secondary N) is 1. The molecule has 6 nitrogen and oxygen atoms in total. The molecule has 3 rings (SSSR count). The normalized spacial score (nSPS) is 12.8. The van der Waals surface area contributed by atoms with E-state index in [-0.39, 0.29) is 24.8 Å². The molecule has 154 valence electrons. The number of amides is 2. The van der Waals surface area contributed by atoms with Crippen LogP contribution in [0.4, 0.5) is 5.69 Å². The minimum Gasteiger partial charge on any atom is -0.489 e. The second-order valence-electron chi connectivity index (χ2n) is 6.56. The summed E-state index contributed by atoms with van der Waals surface area (Å²) >= 11 is 18.1. The molecular weight excluding hydrogens is 439 g/mol. The number of anilines is 1. The number of halogens is 3. The average Bonchev–Trinajstić information content (AvgIpc) is 2.90. The zero-order valence-corrected chi connectivity index (χ0v) is 17.9. The van der Waals surface area contributed by atoms with E-state index in [1.54, 1.807) is 37.4 Å². The quantitative estimate of drug-likeness (QED) is 0.720. The van der Waals surface area contributed by atoms with E-state index in [4.69, 9.17) is 44.3 Å². The van der Waals surface area contributed by atoms with Gasteiger partial charge in [-0.1, -0.05) is 34.8 Å². The molecule has 0 radical (unpaired) electrons. The van der Waals surface area contributed by atoms with Crippen molar-refractivity contribution in [1.29, 1.82) is 0 Å². The van der Waals surface area contributed by atoms with E-state index in [9.17, 15) is 9.59 Å². The van der Waals surface area contributed by atoms with E-state index in [1.165, 1.54) is 4.90 Å². The third kappa shape index (κ3) is 5.69. The van der Waals surface area contributed by atoms with Crippen LogP contribution in [0.2, 0.25) is 15.1 Å². The zero-order chi connectivity index (χ0) is 21.0. The Morgan fingerprint density at radius 2 is 1.79 bits per heavy atom. The van der Waals surface area contributed by atoms with Gasteiger partial charge in [-0.25, -0.2) is 0 Å². The van der Waals surface area contributed by atoms with Crippen molar-refractivity contribution < 1.29 is 19.1 Å². The summed E-state index contributed by atoms with van der Waals surface area (Å²) in [5, 5.41) is 3.81. The molecule has 2 aromatic rings. The van der Waals surface area contributed by atoms with Gasteiger partial charge < -0.3 is 19.7 Å². The molecule has 1 N–H and O–H groups in total. The summed E-state index contributed by atoms with van der Waals surface area (Å²) < 4.78 is 11.2. The molecule has 0 spiro atoms. The highest BCUT2D eigenvalue weighted by Crippen LogP contribution is 2.38. The predicted molar refractivity (Wildman–Crippen MR) is 113 cm³/mol. The fraction of sp³-hybridized carbons (Fsp3) is 0.300. The van der Waals surface area contributed by atoms with Crippen molar-refractivity contribution in [3.8, 4) is 11.5 Å². The fourth-order valence-corrected chi connectivity index (χ4v) is 3.36. The number of carbonyl (C=O) groups excluding carboxylic acids is 2. The van der Waals surface area contributed by atoms with Gasteiger partial charge in [-0.2, -0.15) is 0 Å². The first-order valence-electron chi connectivity index (χ1n) is 8.90. The van der Waals surface area contributed by atoms with Crippen LogP contribution in [0.25, 0.3) is 0 Å². The maximum absolute atomic E-state index is 12.5. The summed E-state index contributed by atoms with van der Waals surface area (Å²) in [5.74, 6) is 0.434. The van der Waals surface area contributed by atoms with Gasteiger partial charge >= 0.3 is 0 Å². The maximum atomic E-state index is 12.5. The monoisotopic (exact) mass is 456 g/mol. The largest absolute Gasteiger partial charge is 0.489 e. The van der Waals surface area contributed by atoms with Crippen LogP contribution in [-0.2, 0) is 16.0 Å². The number of fused-ring (bicyclic) bond motifs is 1. The molecule has 0 atom stereocenters. The highest BCUT2D eigenvalue weighted by Gasteiger charge is 2.19. The lowest BCUT2D eigenvalue weighted by atomic mass is 10.1. The number of hydrogen-bond donors (Lipinski definition) is 1.